The molecule has 0 aliphatic heterocycles. The van der Waals surface area contributed by atoms with Crippen molar-refractivity contribution in [3.63, 3.8) is 0 Å². The summed E-state index contributed by atoms with van der Waals surface area (Å²) in [5, 5.41) is 3.46. The maximum absolute atomic E-state index is 3.48. The summed E-state index contributed by atoms with van der Waals surface area (Å²) in [6, 6.07) is 28.8. The topological polar surface area (TPSA) is 26.0 Å². The Morgan fingerprint density at radius 1 is 0.727 bits per heavy atom. The molecule has 0 aliphatic carbocycles. The molecule has 0 radical (unpaired) electrons. The van der Waals surface area contributed by atoms with Crippen LogP contribution >= 0.6 is 0 Å². The first-order valence-electron chi connectivity index (χ1n) is 7.39. The molecule has 0 bridgehead atoms. The Bertz CT molecular complexity index is 745. The third-order valence-electron chi connectivity index (χ3n) is 3.43. The van der Waals surface area contributed by atoms with E-state index in [1.165, 1.54) is 5.56 Å². The van der Waals surface area contributed by atoms with Gasteiger partial charge in [0, 0.05) is 0 Å². The van der Waals surface area contributed by atoms with Crippen molar-refractivity contribution in [2.75, 3.05) is 5.32 Å². The lowest BCUT2D eigenvalue weighted by atomic mass is 10.2. The molecule has 0 unspecified atom stereocenters. The van der Waals surface area contributed by atoms with Crippen molar-refractivity contribution >= 4 is 17.2 Å². The van der Waals surface area contributed by atoms with Crippen molar-refractivity contribution in [1.29, 1.82) is 0 Å². The number of benzene rings is 3. The highest BCUT2D eigenvalue weighted by atomic mass is 15.0. The van der Waals surface area contributed by atoms with Gasteiger partial charge in [-0.15, -0.1) is 0 Å². The van der Waals surface area contributed by atoms with Crippen molar-refractivity contribution < 1.29 is 4.99 Å². The highest BCUT2D eigenvalue weighted by Gasteiger charge is 2.11. The average Bonchev–Trinajstić information content (AvgIpc) is 2.58. The molecule has 0 spiro atoms. The Morgan fingerprint density at radius 3 is 1.95 bits per heavy atom. The van der Waals surface area contributed by atoms with Crippen LogP contribution in [0.15, 0.2) is 84.9 Å². The van der Waals surface area contributed by atoms with Gasteiger partial charge in [-0.05, 0) is 43.3 Å². The minimum absolute atomic E-state index is 0.968. The van der Waals surface area contributed by atoms with Crippen molar-refractivity contribution in [3.8, 4) is 0 Å². The Labute approximate surface area is 131 Å². The second-order valence-electron chi connectivity index (χ2n) is 5.22. The van der Waals surface area contributed by atoms with Gasteiger partial charge in [0.2, 0.25) is 0 Å². The summed E-state index contributed by atoms with van der Waals surface area (Å²) in [6.45, 7) is 2.09. The summed E-state index contributed by atoms with van der Waals surface area (Å²) < 4.78 is 0. The van der Waals surface area contributed by atoms with E-state index in [-0.39, 0.29) is 0 Å². The van der Waals surface area contributed by atoms with Crippen molar-refractivity contribution in [2.45, 2.75) is 6.92 Å². The maximum Gasteiger partial charge on any atom is 0.285 e. The molecule has 108 valence electrons. The van der Waals surface area contributed by atoms with Crippen molar-refractivity contribution in [2.24, 2.45) is 0 Å². The van der Waals surface area contributed by atoms with Crippen LogP contribution in [0.2, 0.25) is 0 Å². The van der Waals surface area contributed by atoms with Crippen LogP contribution in [0.1, 0.15) is 11.1 Å². The van der Waals surface area contributed by atoms with Gasteiger partial charge in [0.05, 0.1) is 5.56 Å². The van der Waals surface area contributed by atoms with Crippen LogP contribution in [0.3, 0.4) is 0 Å². The van der Waals surface area contributed by atoms with E-state index in [0.29, 0.717) is 0 Å². The lowest BCUT2D eigenvalue weighted by Gasteiger charge is -2.04. The van der Waals surface area contributed by atoms with Gasteiger partial charge in [0.1, 0.15) is 11.4 Å². The first-order chi connectivity index (χ1) is 10.8. The van der Waals surface area contributed by atoms with E-state index >= 15 is 0 Å². The van der Waals surface area contributed by atoms with E-state index < -0.39 is 0 Å². The summed E-state index contributed by atoms with van der Waals surface area (Å²) in [5.74, 6) is 0.968. The van der Waals surface area contributed by atoms with E-state index in [4.69, 9.17) is 0 Å². The second kappa shape index (κ2) is 6.72. The first-order valence-corrected chi connectivity index (χ1v) is 7.39. The van der Waals surface area contributed by atoms with Gasteiger partial charge in [-0.1, -0.05) is 54.1 Å². The van der Waals surface area contributed by atoms with Crippen LogP contribution in [-0.2, 0) is 0 Å². The summed E-state index contributed by atoms with van der Waals surface area (Å²) in [4.78, 5) is 3.48. The minimum Gasteiger partial charge on any atom is -0.240 e. The van der Waals surface area contributed by atoms with Gasteiger partial charge in [0.15, 0.2) is 0 Å². The van der Waals surface area contributed by atoms with E-state index in [1.807, 2.05) is 36.4 Å². The van der Waals surface area contributed by atoms with Crippen LogP contribution in [-0.4, -0.2) is 5.84 Å². The number of nitrogens with one attached hydrogen (secondary N) is 2. The highest BCUT2D eigenvalue weighted by molar-refractivity contribution is 6.04. The fourth-order valence-corrected chi connectivity index (χ4v) is 2.23. The number of para-hydroxylation sites is 1. The minimum atomic E-state index is 0.968. The molecule has 0 aromatic heterocycles. The lowest BCUT2D eigenvalue weighted by Crippen LogP contribution is -2.68. The zero-order chi connectivity index (χ0) is 15.2. The van der Waals surface area contributed by atoms with Crippen molar-refractivity contribution in [3.05, 3.63) is 96.1 Å². The number of anilines is 1. The quantitative estimate of drug-likeness (QED) is 0.561. The molecule has 0 atom stereocenters. The van der Waals surface area contributed by atoms with Crippen molar-refractivity contribution in [1.82, 2.24) is 0 Å². The summed E-state index contributed by atoms with van der Waals surface area (Å²) in [5.41, 5.74) is 4.49. The molecular weight excluding hydrogens is 268 g/mol. The Hall–Kier alpha value is -2.87. The number of hydrogen-bond donors (Lipinski definition) is 2. The van der Waals surface area contributed by atoms with Crippen LogP contribution < -0.4 is 10.3 Å². The Morgan fingerprint density at radius 2 is 1.32 bits per heavy atom. The lowest BCUT2D eigenvalue weighted by molar-refractivity contribution is -0.352. The molecule has 3 aromatic rings. The predicted octanol–water partition coefficient (Wildman–Crippen LogP) is 3.27. The molecule has 0 aliphatic rings. The van der Waals surface area contributed by atoms with Crippen LogP contribution in [0.25, 0.3) is 0 Å². The van der Waals surface area contributed by atoms with Gasteiger partial charge >= 0.3 is 0 Å². The van der Waals surface area contributed by atoms with Gasteiger partial charge in [-0.25, -0.2) is 10.3 Å². The molecule has 0 saturated heterocycles. The summed E-state index contributed by atoms with van der Waals surface area (Å²) >= 11 is 0. The molecule has 3 aromatic carbocycles. The largest absolute Gasteiger partial charge is 0.285 e. The Balaban J connectivity index is 1.97. The highest BCUT2D eigenvalue weighted by Crippen LogP contribution is 2.08. The van der Waals surface area contributed by atoms with E-state index in [0.717, 1.165) is 22.8 Å². The molecule has 2 heteroatoms. The average molecular weight is 287 g/mol. The summed E-state index contributed by atoms with van der Waals surface area (Å²) in [7, 11) is 0. The molecular formula is C20H19N2+. The standard InChI is InChI=1S/C20H18N2/c1-16-12-14-19(15-13-16)22-20(17-8-4-2-5-9-17)21-18-10-6-3-7-11-18/h2-15H,1H3,(H,21,22)/p+1. The molecule has 0 fully saturated rings. The van der Waals surface area contributed by atoms with E-state index in [9.17, 15) is 0 Å². The SMILES string of the molecule is Cc1ccc([NH+]=C(Nc2ccccc2)c2ccccc2)cc1. The zero-order valence-electron chi connectivity index (χ0n) is 12.6. The molecule has 22 heavy (non-hydrogen) atoms. The number of rotatable bonds is 3. The molecule has 2 nitrogen and oxygen atoms in total. The monoisotopic (exact) mass is 287 g/mol. The fourth-order valence-electron chi connectivity index (χ4n) is 2.23. The first kappa shape index (κ1) is 14.1. The molecule has 0 amide bonds. The van der Waals surface area contributed by atoms with Crippen LogP contribution in [0.4, 0.5) is 11.4 Å². The van der Waals surface area contributed by atoms with E-state index in [2.05, 4.69) is 65.8 Å². The zero-order valence-corrected chi connectivity index (χ0v) is 12.6. The third-order valence-corrected chi connectivity index (χ3v) is 3.43. The molecule has 0 heterocycles. The van der Waals surface area contributed by atoms with E-state index in [1.54, 1.807) is 0 Å². The molecule has 3 rings (SSSR count). The van der Waals surface area contributed by atoms with Gasteiger partial charge in [0.25, 0.3) is 5.84 Å². The molecule has 2 N–H and O–H groups in total. The smallest absolute Gasteiger partial charge is 0.240 e. The fraction of sp³-hybridized carbons (Fsp3) is 0.0500. The van der Waals surface area contributed by atoms with Crippen LogP contribution in [0, 0.1) is 6.92 Å². The number of amidine groups is 1. The number of hydrogen-bond acceptors (Lipinski definition) is 0. The maximum atomic E-state index is 3.48. The second-order valence-corrected chi connectivity index (χ2v) is 5.22. The van der Waals surface area contributed by atoms with Gasteiger partial charge in [-0.3, -0.25) is 0 Å². The number of aryl methyl sites for hydroxylation is 1. The van der Waals surface area contributed by atoms with Gasteiger partial charge < -0.3 is 0 Å². The normalized spacial score (nSPS) is 11.2. The summed E-state index contributed by atoms with van der Waals surface area (Å²) in [6.07, 6.45) is 0. The third kappa shape index (κ3) is 3.61. The predicted molar refractivity (Wildman–Crippen MR) is 92.4 cm³/mol. The Kier molecular flexibility index (Phi) is 4.30. The van der Waals surface area contributed by atoms with Crippen LogP contribution in [0.5, 0.6) is 0 Å². The molecule has 0 saturated carbocycles. The van der Waals surface area contributed by atoms with Gasteiger partial charge in [-0.2, -0.15) is 0 Å².